The van der Waals surface area contributed by atoms with E-state index in [-0.39, 0.29) is 17.1 Å². The van der Waals surface area contributed by atoms with Crippen LogP contribution in [0.5, 0.6) is 0 Å². The summed E-state index contributed by atoms with van der Waals surface area (Å²) in [7, 11) is -8.94. The van der Waals surface area contributed by atoms with Gasteiger partial charge >= 0.3 is 17.1 Å². The molecule has 4 aromatic rings. The van der Waals surface area contributed by atoms with Gasteiger partial charge in [-0.05, 0) is 22.9 Å². The largest absolute Gasteiger partial charge is 2.00 e. The first-order valence-corrected chi connectivity index (χ1v) is 11.4. The van der Waals surface area contributed by atoms with E-state index in [1.54, 1.807) is 48.5 Å². The van der Waals surface area contributed by atoms with E-state index in [4.69, 9.17) is 0 Å². The molecule has 0 fully saturated rings. The number of hydrogen-bond acceptors (Lipinski definition) is 6. The molecule has 11 heteroatoms. The Morgan fingerprint density at radius 1 is 0.516 bits per heavy atom. The minimum Gasteiger partial charge on any atom is -0.731 e. The number of nitrogens with one attached hydrogen (secondary N) is 2. The quantitative estimate of drug-likeness (QED) is 0.320. The van der Waals surface area contributed by atoms with Crippen LogP contribution in [0.15, 0.2) is 84.9 Å². The molecule has 0 spiro atoms. The van der Waals surface area contributed by atoms with Crippen molar-refractivity contribution in [3.63, 3.8) is 0 Å². The predicted octanol–water partition coefficient (Wildman–Crippen LogP) is 3.42. The van der Waals surface area contributed by atoms with Crippen LogP contribution in [0.25, 0.3) is 21.5 Å². The molecule has 0 amide bonds. The van der Waals surface area contributed by atoms with Crippen molar-refractivity contribution in [2.24, 2.45) is 0 Å². The van der Waals surface area contributed by atoms with E-state index in [9.17, 15) is 25.9 Å². The zero-order chi connectivity index (χ0) is 21.8. The van der Waals surface area contributed by atoms with E-state index in [1.165, 1.54) is 0 Å². The molecule has 0 aromatic heterocycles. The van der Waals surface area contributed by atoms with Gasteiger partial charge in [-0.15, -0.1) is 0 Å². The second kappa shape index (κ2) is 10.1. The SMILES string of the molecule is O=S(=O)([O-])Nc1cccc2ccccc12.O=S(=O)([O-])Nc1cccc2ccccc12.[Cu+2]. The van der Waals surface area contributed by atoms with Crippen LogP contribution in [0.4, 0.5) is 11.4 Å². The third-order valence-corrected chi connectivity index (χ3v) is 4.99. The van der Waals surface area contributed by atoms with Crippen molar-refractivity contribution in [1.82, 2.24) is 0 Å². The fourth-order valence-corrected chi connectivity index (χ4v) is 3.79. The Balaban J connectivity index is 0.000000213. The Morgan fingerprint density at radius 3 is 1.19 bits per heavy atom. The topological polar surface area (TPSA) is 138 Å². The molecule has 0 saturated heterocycles. The summed E-state index contributed by atoms with van der Waals surface area (Å²) in [5.41, 5.74) is 0.617. The molecule has 0 aliphatic carbocycles. The molecule has 0 atom stereocenters. The molecule has 0 unspecified atom stereocenters. The molecule has 31 heavy (non-hydrogen) atoms. The van der Waals surface area contributed by atoms with Gasteiger partial charge in [-0.1, -0.05) is 72.8 Å². The van der Waals surface area contributed by atoms with Crippen molar-refractivity contribution in [2.75, 3.05) is 9.44 Å². The third kappa shape index (κ3) is 7.21. The van der Waals surface area contributed by atoms with Crippen LogP contribution in [-0.4, -0.2) is 25.9 Å². The molecule has 0 heterocycles. The molecule has 0 aliphatic rings. The second-order valence-corrected chi connectivity index (χ2v) is 8.39. The maximum Gasteiger partial charge on any atom is 2.00 e. The summed E-state index contributed by atoms with van der Waals surface area (Å²) < 4.78 is 67.3. The molecule has 0 saturated carbocycles. The van der Waals surface area contributed by atoms with Gasteiger partial charge in [0.15, 0.2) is 20.6 Å². The van der Waals surface area contributed by atoms with Crippen LogP contribution < -0.4 is 9.44 Å². The van der Waals surface area contributed by atoms with Crippen LogP contribution >= 0.6 is 0 Å². The third-order valence-electron chi connectivity index (χ3n) is 4.05. The van der Waals surface area contributed by atoms with E-state index < -0.39 is 20.6 Å². The average Bonchev–Trinajstić information content (AvgIpc) is 2.67. The zero-order valence-electron chi connectivity index (χ0n) is 15.7. The molecule has 0 aliphatic heterocycles. The maximum atomic E-state index is 10.6. The van der Waals surface area contributed by atoms with Crippen molar-refractivity contribution in [1.29, 1.82) is 0 Å². The second-order valence-electron chi connectivity index (χ2n) is 6.17. The van der Waals surface area contributed by atoms with Crippen LogP contribution in [0.3, 0.4) is 0 Å². The first-order valence-electron chi connectivity index (χ1n) is 8.55. The average molecular weight is 508 g/mol. The predicted molar refractivity (Wildman–Crippen MR) is 115 cm³/mol. The summed E-state index contributed by atoms with van der Waals surface area (Å²) in [6, 6.07) is 24.6. The van der Waals surface area contributed by atoms with E-state index in [0.717, 1.165) is 10.8 Å². The Labute approximate surface area is 190 Å². The van der Waals surface area contributed by atoms with Gasteiger partial charge in [-0.25, -0.2) is 16.8 Å². The van der Waals surface area contributed by atoms with Gasteiger partial charge in [0.25, 0.3) is 0 Å². The van der Waals surface area contributed by atoms with Gasteiger partial charge in [0.2, 0.25) is 0 Å². The normalized spacial score (nSPS) is 11.2. The fraction of sp³-hybridized carbons (Fsp3) is 0. The summed E-state index contributed by atoms with van der Waals surface area (Å²) >= 11 is 0. The van der Waals surface area contributed by atoms with Crippen molar-refractivity contribution in [3.8, 4) is 0 Å². The summed E-state index contributed by atoms with van der Waals surface area (Å²) in [5, 5.41) is 3.18. The molecule has 1 radical (unpaired) electrons. The fourth-order valence-electron chi connectivity index (χ4n) is 2.90. The molecule has 0 bridgehead atoms. The van der Waals surface area contributed by atoms with Crippen LogP contribution in [-0.2, 0) is 37.7 Å². The Hall–Kier alpha value is -2.66. The van der Waals surface area contributed by atoms with E-state index in [0.29, 0.717) is 22.1 Å². The maximum absolute atomic E-state index is 10.6. The van der Waals surface area contributed by atoms with Crippen molar-refractivity contribution < 1.29 is 43.0 Å². The van der Waals surface area contributed by atoms with Crippen molar-refractivity contribution in [3.05, 3.63) is 84.9 Å². The Kier molecular flexibility index (Phi) is 8.02. The smallest absolute Gasteiger partial charge is 0.731 e. The van der Waals surface area contributed by atoms with Gasteiger partial charge in [-0.3, -0.25) is 9.44 Å². The number of rotatable bonds is 4. The van der Waals surface area contributed by atoms with Crippen molar-refractivity contribution >= 4 is 53.5 Å². The summed E-state index contributed by atoms with van der Waals surface area (Å²) in [4.78, 5) is 0. The Morgan fingerprint density at radius 2 is 0.839 bits per heavy atom. The number of hydrogen-bond donors (Lipinski definition) is 2. The van der Waals surface area contributed by atoms with E-state index in [2.05, 4.69) is 0 Å². The van der Waals surface area contributed by atoms with Crippen LogP contribution in [0.2, 0.25) is 0 Å². The van der Waals surface area contributed by atoms with Gasteiger partial charge < -0.3 is 9.11 Å². The molecule has 2 N–H and O–H groups in total. The number of fused-ring (bicyclic) bond motifs is 2. The van der Waals surface area contributed by atoms with Gasteiger partial charge in [0.1, 0.15) is 0 Å². The molecule has 4 aromatic carbocycles. The number of benzene rings is 4. The molecular formula is C20H16CuN2O6S2. The van der Waals surface area contributed by atoms with Crippen LogP contribution in [0, 0.1) is 0 Å². The van der Waals surface area contributed by atoms with Crippen LogP contribution in [0.1, 0.15) is 0 Å². The first kappa shape index (κ1) is 24.6. The first-order chi connectivity index (χ1) is 14.1. The molecular weight excluding hydrogens is 492 g/mol. The van der Waals surface area contributed by atoms with Gasteiger partial charge in [-0.2, -0.15) is 0 Å². The van der Waals surface area contributed by atoms with Gasteiger partial charge in [0, 0.05) is 10.8 Å². The summed E-state index contributed by atoms with van der Waals surface area (Å²) in [5.74, 6) is 0. The summed E-state index contributed by atoms with van der Waals surface area (Å²) in [6.45, 7) is 0. The summed E-state index contributed by atoms with van der Waals surface area (Å²) in [6.07, 6.45) is 0. The minimum atomic E-state index is -4.47. The molecule has 4 rings (SSSR count). The minimum absolute atomic E-state index is 0. The zero-order valence-corrected chi connectivity index (χ0v) is 18.2. The molecule has 8 nitrogen and oxygen atoms in total. The monoisotopic (exact) mass is 507 g/mol. The van der Waals surface area contributed by atoms with Crippen molar-refractivity contribution in [2.45, 2.75) is 0 Å². The number of anilines is 2. The van der Waals surface area contributed by atoms with Gasteiger partial charge in [0.05, 0.1) is 11.4 Å². The van der Waals surface area contributed by atoms with E-state index in [1.807, 2.05) is 45.8 Å². The molecule has 165 valence electrons. The standard InChI is InChI=1S/2C10H9NO3S.Cu/c2*12-15(13,14)11-10-7-3-5-8-4-1-2-6-9(8)10;/h2*1-7,11H,(H,12,13,14);/q;;+2/p-2. The van der Waals surface area contributed by atoms with E-state index >= 15 is 0 Å². The Bertz CT molecular complexity index is 1290.